The molecular formula is C11H16F3NO2. The van der Waals surface area contributed by atoms with Gasteiger partial charge in [0.05, 0.1) is 0 Å². The third kappa shape index (κ3) is 9.77. The van der Waals surface area contributed by atoms with Crippen molar-refractivity contribution in [1.29, 1.82) is 0 Å². The molecule has 1 atom stereocenters. The molecule has 6 heteroatoms. The molecule has 0 fully saturated rings. The molecule has 1 rings (SSSR count). The van der Waals surface area contributed by atoms with Crippen LogP contribution in [0.2, 0.25) is 0 Å². The van der Waals surface area contributed by atoms with Gasteiger partial charge >= 0.3 is 6.18 Å². The Morgan fingerprint density at radius 1 is 1.06 bits per heavy atom. The van der Waals surface area contributed by atoms with Gasteiger partial charge in [0.2, 0.25) is 0 Å². The largest absolute Gasteiger partial charge is 0.414 e. The van der Waals surface area contributed by atoms with Crippen LogP contribution < -0.4 is 0 Å². The summed E-state index contributed by atoms with van der Waals surface area (Å²) in [6, 6.07) is 5.72. The first-order chi connectivity index (χ1) is 7.98. The minimum atomic E-state index is -4.52. The number of aliphatic hydroxyl groups is 2. The molecule has 17 heavy (non-hydrogen) atoms. The van der Waals surface area contributed by atoms with Crippen molar-refractivity contribution in [2.45, 2.75) is 31.5 Å². The van der Waals surface area contributed by atoms with Gasteiger partial charge in [-0.1, -0.05) is 6.07 Å². The molecule has 0 saturated heterocycles. The highest BCUT2D eigenvalue weighted by molar-refractivity contribution is 4.88. The summed E-state index contributed by atoms with van der Waals surface area (Å²) >= 11 is 0. The maximum atomic E-state index is 11.6. The average Bonchev–Trinajstić information content (AvgIpc) is 2.31. The first kappa shape index (κ1) is 15.9. The fraction of sp³-hybridized carbons (Fsp3) is 0.545. The van der Waals surface area contributed by atoms with Crippen molar-refractivity contribution in [2.75, 3.05) is 6.61 Å². The lowest BCUT2D eigenvalue weighted by Crippen LogP contribution is -2.28. The lowest BCUT2D eigenvalue weighted by atomic mass is 10.1. The van der Waals surface area contributed by atoms with E-state index in [4.69, 9.17) is 10.2 Å². The summed E-state index contributed by atoms with van der Waals surface area (Å²) in [5.41, 5.74) is 0. The normalized spacial score (nSPS) is 12.5. The van der Waals surface area contributed by atoms with Gasteiger partial charge in [0.15, 0.2) is 0 Å². The van der Waals surface area contributed by atoms with Gasteiger partial charge in [0, 0.05) is 19.0 Å². The van der Waals surface area contributed by atoms with Crippen LogP contribution in [0.3, 0.4) is 0 Å². The van der Waals surface area contributed by atoms with Crippen LogP contribution in [0.15, 0.2) is 30.6 Å². The van der Waals surface area contributed by atoms with E-state index in [0.29, 0.717) is 6.42 Å². The lowest BCUT2D eigenvalue weighted by molar-refractivity contribution is -0.205. The Kier molecular flexibility index (Phi) is 8.35. The SMILES string of the molecule is OCCCCC(O)C(F)(F)F.c1ccncc1. The van der Waals surface area contributed by atoms with Crippen molar-refractivity contribution in [3.63, 3.8) is 0 Å². The van der Waals surface area contributed by atoms with Crippen LogP contribution in [-0.4, -0.2) is 34.1 Å². The second kappa shape index (κ2) is 8.95. The summed E-state index contributed by atoms with van der Waals surface area (Å²) in [5, 5.41) is 16.6. The molecule has 0 aromatic carbocycles. The fourth-order valence-corrected chi connectivity index (χ4v) is 0.926. The van der Waals surface area contributed by atoms with Crippen LogP contribution in [0.5, 0.6) is 0 Å². The number of unbranched alkanes of at least 4 members (excludes halogenated alkanes) is 1. The second-order valence-corrected chi connectivity index (χ2v) is 3.30. The zero-order chi connectivity index (χ0) is 13.1. The predicted molar refractivity (Wildman–Crippen MR) is 57.2 cm³/mol. The van der Waals surface area contributed by atoms with Crippen LogP contribution in [0.4, 0.5) is 13.2 Å². The quantitative estimate of drug-likeness (QED) is 0.806. The molecule has 1 aromatic heterocycles. The highest BCUT2D eigenvalue weighted by Crippen LogP contribution is 2.23. The fourth-order valence-electron chi connectivity index (χ4n) is 0.926. The number of aliphatic hydroxyl groups excluding tert-OH is 2. The van der Waals surface area contributed by atoms with E-state index in [9.17, 15) is 13.2 Å². The van der Waals surface area contributed by atoms with Crippen LogP contribution in [0.1, 0.15) is 19.3 Å². The Morgan fingerprint density at radius 2 is 1.65 bits per heavy atom. The van der Waals surface area contributed by atoms with E-state index in [0.717, 1.165) is 0 Å². The molecule has 0 bridgehead atoms. The van der Waals surface area contributed by atoms with Crippen LogP contribution in [0, 0.1) is 0 Å². The van der Waals surface area contributed by atoms with E-state index in [1.165, 1.54) is 0 Å². The zero-order valence-electron chi connectivity index (χ0n) is 9.27. The minimum absolute atomic E-state index is 0.134. The summed E-state index contributed by atoms with van der Waals surface area (Å²) < 4.78 is 34.7. The molecule has 1 unspecified atom stereocenters. The Balaban J connectivity index is 0.000000354. The number of pyridine rings is 1. The molecular weight excluding hydrogens is 235 g/mol. The van der Waals surface area contributed by atoms with Gasteiger partial charge in [-0.05, 0) is 31.4 Å². The third-order valence-corrected chi connectivity index (χ3v) is 1.83. The van der Waals surface area contributed by atoms with E-state index >= 15 is 0 Å². The highest BCUT2D eigenvalue weighted by atomic mass is 19.4. The first-order valence-electron chi connectivity index (χ1n) is 5.19. The topological polar surface area (TPSA) is 53.4 Å². The van der Waals surface area contributed by atoms with Crippen molar-refractivity contribution in [3.05, 3.63) is 30.6 Å². The number of hydrogen-bond acceptors (Lipinski definition) is 3. The molecule has 3 nitrogen and oxygen atoms in total. The number of nitrogens with zero attached hydrogens (tertiary/aromatic N) is 1. The lowest BCUT2D eigenvalue weighted by Gasteiger charge is -2.13. The molecule has 0 saturated carbocycles. The Hall–Kier alpha value is -1.14. The standard InChI is InChI=1S/C6H11F3O2.C5H5N/c7-6(8,9)5(11)3-1-2-4-10;1-2-4-6-5-3-1/h5,10-11H,1-4H2;1-5H. The molecule has 0 aliphatic heterocycles. The number of hydrogen-bond donors (Lipinski definition) is 2. The van der Waals surface area contributed by atoms with Gasteiger partial charge in [-0.2, -0.15) is 13.2 Å². The summed E-state index contributed by atoms with van der Waals surface area (Å²) in [5.74, 6) is 0. The summed E-state index contributed by atoms with van der Waals surface area (Å²) in [4.78, 5) is 3.78. The first-order valence-corrected chi connectivity index (χ1v) is 5.19. The van der Waals surface area contributed by atoms with Gasteiger partial charge in [-0.15, -0.1) is 0 Å². The summed E-state index contributed by atoms with van der Waals surface area (Å²) in [6.07, 6.45) is -3.10. The monoisotopic (exact) mass is 251 g/mol. The zero-order valence-corrected chi connectivity index (χ0v) is 9.27. The van der Waals surface area contributed by atoms with Gasteiger partial charge in [-0.3, -0.25) is 4.98 Å². The predicted octanol–water partition coefficient (Wildman–Crippen LogP) is 2.15. The second-order valence-electron chi connectivity index (χ2n) is 3.30. The number of rotatable bonds is 4. The van der Waals surface area contributed by atoms with Crippen molar-refractivity contribution < 1.29 is 23.4 Å². The van der Waals surface area contributed by atoms with E-state index in [1.807, 2.05) is 18.2 Å². The van der Waals surface area contributed by atoms with E-state index < -0.39 is 12.3 Å². The average molecular weight is 251 g/mol. The molecule has 0 radical (unpaired) electrons. The van der Waals surface area contributed by atoms with E-state index in [2.05, 4.69) is 4.98 Å². The maximum absolute atomic E-state index is 11.6. The Bertz CT molecular complexity index is 240. The molecule has 98 valence electrons. The van der Waals surface area contributed by atoms with Gasteiger partial charge in [-0.25, -0.2) is 0 Å². The number of halogens is 3. The van der Waals surface area contributed by atoms with Crippen molar-refractivity contribution in [3.8, 4) is 0 Å². The molecule has 2 N–H and O–H groups in total. The Labute approximate surface area is 97.9 Å². The van der Waals surface area contributed by atoms with Crippen LogP contribution in [-0.2, 0) is 0 Å². The van der Waals surface area contributed by atoms with E-state index in [-0.39, 0.29) is 19.4 Å². The molecule has 0 aliphatic rings. The summed E-state index contributed by atoms with van der Waals surface area (Å²) in [7, 11) is 0. The van der Waals surface area contributed by atoms with Crippen LogP contribution >= 0.6 is 0 Å². The minimum Gasteiger partial charge on any atom is -0.396 e. The molecule has 0 spiro atoms. The molecule has 1 heterocycles. The van der Waals surface area contributed by atoms with Gasteiger partial charge in [0.25, 0.3) is 0 Å². The molecule has 1 aromatic rings. The maximum Gasteiger partial charge on any atom is 0.414 e. The Morgan fingerprint density at radius 3 is 1.94 bits per heavy atom. The number of aromatic nitrogens is 1. The van der Waals surface area contributed by atoms with Crippen molar-refractivity contribution in [2.24, 2.45) is 0 Å². The highest BCUT2D eigenvalue weighted by Gasteiger charge is 2.37. The number of alkyl halides is 3. The van der Waals surface area contributed by atoms with Crippen LogP contribution in [0.25, 0.3) is 0 Å². The van der Waals surface area contributed by atoms with Gasteiger partial charge < -0.3 is 10.2 Å². The van der Waals surface area contributed by atoms with Crippen molar-refractivity contribution >= 4 is 0 Å². The molecule has 0 aliphatic carbocycles. The van der Waals surface area contributed by atoms with E-state index in [1.54, 1.807) is 12.4 Å². The summed E-state index contributed by atoms with van der Waals surface area (Å²) in [6.45, 7) is -0.134. The third-order valence-electron chi connectivity index (χ3n) is 1.83. The molecule has 0 amide bonds. The van der Waals surface area contributed by atoms with Gasteiger partial charge in [0.1, 0.15) is 6.10 Å². The van der Waals surface area contributed by atoms with Crippen molar-refractivity contribution in [1.82, 2.24) is 4.98 Å². The smallest absolute Gasteiger partial charge is 0.396 e.